The van der Waals surface area contributed by atoms with Crippen molar-refractivity contribution in [3.8, 4) is 5.75 Å². The van der Waals surface area contributed by atoms with Crippen molar-refractivity contribution in [3.05, 3.63) is 64.2 Å². The number of nitrogens with one attached hydrogen (secondary N) is 2. The Morgan fingerprint density at radius 3 is 2.52 bits per heavy atom. The Kier molecular flexibility index (Phi) is 5.97. The minimum Gasteiger partial charge on any atom is -0.483 e. The molecule has 0 aliphatic carbocycles. The van der Waals surface area contributed by atoms with Gasteiger partial charge in [0.1, 0.15) is 11.6 Å². The lowest BCUT2D eigenvalue weighted by Crippen LogP contribution is -2.24. The van der Waals surface area contributed by atoms with Crippen LogP contribution in [0, 0.1) is 5.41 Å². The summed E-state index contributed by atoms with van der Waals surface area (Å²) in [5.41, 5.74) is 12.0. The van der Waals surface area contributed by atoms with Crippen LogP contribution in [0.25, 0.3) is 0 Å². The highest BCUT2D eigenvalue weighted by Crippen LogP contribution is 2.21. The van der Waals surface area contributed by atoms with Gasteiger partial charge in [0.15, 0.2) is 6.61 Å². The number of primary amides is 1. The molecular weight excluding hydrogens is 344 g/mol. The topological polar surface area (TPSA) is 131 Å². The molecule has 25 heavy (non-hydrogen) atoms. The Hall–Kier alpha value is -3.06. The minimum atomic E-state index is -0.637. The second-order valence-corrected chi connectivity index (χ2v) is 5.62. The molecule has 0 bridgehead atoms. The average Bonchev–Trinajstić information content (AvgIpc) is 2.57. The van der Waals surface area contributed by atoms with Crippen molar-refractivity contribution in [1.82, 2.24) is 5.32 Å². The maximum atomic E-state index is 12.2. The number of hydrogen-bond acceptors (Lipinski definition) is 4. The quantitative estimate of drug-likeness (QED) is 0.439. The summed E-state index contributed by atoms with van der Waals surface area (Å²) >= 11 is 5.87. The molecule has 2 aromatic rings. The number of amides is 2. The van der Waals surface area contributed by atoms with Crippen LogP contribution in [0.2, 0.25) is 5.02 Å². The number of amidine groups is 1. The van der Waals surface area contributed by atoms with Gasteiger partial charge in [-0.15, -0.1) is 0 Å². The number of ether oxygens (including phenoxy) is 1. The maximum absolute atomic E-state index is 12.2. The van der Waals surface area contributed by atoms with Crippen molar-refractivity contribution in [2.75, 3.05) is 6.61 Å². The summed E-state index contributed by atoms with van der Waals surface area (Å²) in [4.78, 5) is 23.1. The molecule has 0 heterocycles. The van der Waals surface area contributed by atoms with E-state index in [2.05, 4.69) is 5.32 Å². The van der Waals surface area contributed by atoms with E-state index in [1.165, 1.54) is 6.07 Å². The molecule has 2 amide bonds. The summed E-state index contributed by atoms with van der Waals surface area (Å²) in [6, 6.07) is 11.4. The van der Waals surface area contributed by atoms with Gasteiger partial charge in [-0.3, -0.25) is 15.0 Å². The third-order valence-electron chi connectivity index (χ3n) is 3.27. The second kappa shape index (κ2) is 8.16. The SMILES string of the molecule is N=C(N)c1ccc(CNC(=O)c2cccc(Cl)c2)c(OCC(N)=O)c1. The van der Waals surface area contributed by atoms with Crippen LogP contribution < -0.4 is 21.5 Å². The molecular formula is C17H17ClN4O3. The van der Waals surface area contributed by atoms with Crippen molar-refractivity contribution >= 4 is 29.3 Å². The zero-order valence-electron chi connectivity index (χ0n) is 13.2. The Labute approximate surface area is 149 Å². The molecule has 0 fully saturated rings. The highest BCUT2D eigenvalue weighted by atomic mass is 35.5. The van der Waals surface area contributed by atoms with Gasteiger partial charge in [-0.05, 0) is 24.3 Å². The number of carbonyl (C=O) groups excluding carboxylic acids is 2. The molecule has 0 saturated carbocycles. The van der Waals surface area contributed by atoms with Gasteiger partial charge < -0.3 is 21.5 Å². The fraction of sp³-hybridized carbons (Fsp3) is 0.118. The second-order valence-electron chi connectivity index (χ2n) is 5.18. The van der Waals surface area contributed by atoms with Gasteiger partial charge in [-0.25, -0.2) is 0 Å². The first-order valence-corrected chi connectivity index (χ1v) is 7.67. The number of carbonyl (C=O) groups is 2. The highest BCUT2D eigenvalue weighted by Gasteiger charge is 2.11. The first-order chi connectivity index (χ1) is 11.9. The third kappa shape index (κ3) is 5.22. The summed E-state index contributed by atoms with van der Waals surface area (Å²) in [7, 11) is 0. The Morgan fingerprint density at radius 2 is 1.88 bits per heavy atom. The number of nitrogen functional groups attached to an aromatic ring is 1. The molecule has 7 nitrogen and oxygen atoms in total. The summed E-state index contributed by atoms with van der Waals surface area (Å²) < 4.78 is 5.35. The zero-order chi connectivity index (χ0) is 18.4. The molecule has 0 aliphatic rings. The summed E-state index contributed by atoms with van der Waals surface area (Å²) in [6.45, 7) is -0.172. The summed E-state index contributed by atoms with van der Waals surface area (Å²) in [5, 5.41) is 10.7. The van der Waals surface area contributed by atoms with Crippen molar-refractivity contribution in [2.24, 2.45) is 11.5 Å². The normalized spacial score (nSPS) is 10.1. The van der Waals surface area contributed by atoms with E-state index in [0.717, 1.165) is 0 Å². The van der Waals surface area contributed by atoms with E-state index in [-0.39, 0.29) is 24.9 Å². The van der Waals surface area contributed by atoms with E-state index in [1.807, 2.05) is 0 Å². The van der Waals surface area contributed by atoms with Crippen LogP contribution in [0.5, 0.6) is 5.75 Å². The molecule has 2 rings (SSSR count). The Morgan fingerprint density at radius 1 is 1.12 bits per heavy atom. The molecule has 0 aromatic heterocycles. The highest BCUT2D eigenvalue weighted by molar-refractivity contribution is 6.30. The fourth-order valence-electron chi connectivity index (χ4n) is 2.06. The lowest BCUT2D eigenvalue weighted by Gasteiger charge is -2.13. The van der Waals surface area contributed by atoms with E-state index in [0.29, 0.717) is 27.5 Å². The van der Waals surface area contributed by atoms with Crippen molar-refractivity contribution in [2.45, 2.75) is 6.54 Å². The van der Waals surface area contributed by atoms with E-state index in [9.17, 15) is 9.59 Å². The predicted octanol–water partition coefficient (Wildman–Crippen LogP) is 1.42. The minimum absolute atomic E-state index is 0.140. The fourth-order valence-corrected chi connectivity index (χ4v) is 2.25. The van der Waals surface area contributed by atoms with Crippen LogP contribution in [0.1, 0.15) is 21.5 Å². The number of rotatable bonds is 7. The van der Waals surface area contributed by atoms with E-state index < -0.39 is 5.91 Å². The molecule has 0 spiro atoms. The zero-order valence-corrected chi connectivity index (χ0v) is 14.0. The van der Waals surface area contributed by atoms with Crippen molar-refractivity contribution in [1.29, 1.82) is 5.41 Å². The predicted molar refractivity (Wildman–Crippen MR) is 94.8 cm³/mol. The Balaban J connectivity index is 2.15. The molecule has 0 unspecified atom stereocenters. The molecule has 0 saturated heterocycles. The van der Waals surface area contributed by atoms with Gasteiger partial charge in [-0.1, -0.05) is 29.8 Å². The number of benzene rings is 2. The summed E-state index contributed by atoms with van der Waals surface area (Å²) in [5.74, 6) is -0.766. The molecule has 8 heteroatoms. The van der Waals surface area contributed by atoms with Crippen LogP contribution in [-0.4, -0.2) is 24.3 Å². The van der Waals surface area contributed by atoms with Crippen molar-refractivity contribution < 1.29 is 14.3 Å². The van der Waals surface area contributed by atoms with E-state index in [4.69, 9.17) is 33.2 Å². The smallest absolute Gasteiger partial charge is 0.255 e. The Bertz CT molecular complexity index is 823. The van der Waals surface area contributed by atoms with Crippen LogP contribution >= 0.6 is 11.6 Å². The molecule has 0 aliphatic heterocycles. The molecule has 0 radical (unpaired) electrons. The van der Waals surface area contributed by atoms with Gasteiger partial charge in [0.25, 0.3) is 11.8 Å². The van der Waals surface area contributed by atoms with Gasteiger partial charge >= 0.3 is 0 Å². The first-order valence-electron chi connectivity index (χ1n) is 7.29. The first kappa shape index (κ1) is 18.3. The largest absolute Gasteiger partial charge is 0.483 e. The van der Waals surface area contributed by atoms with Gasteiger partial charge in [0, 0.05) is 28.3 Å². The van der Waals surface area contributed by atoms with Gasteiger partial charge in [-0.2, -0.15) is 0 Å². The van der Waals surface area contributed by atoms with Gasteiger partial charge in [0.2, 0.25) is 0 Å². The molecule has 2 aromatic carbocycles. The average molecular weight is 361 g/mol. The van der Waals surface area contributed by atoms with Crippen molar-refractivity contribution in [3.63, 3.8) is 0 Å². The standard InChI is InChI=1S/C17H17ClN4O3/c18-13-3-1-2-11(6-13)17(24)22-8-12-5-4-10(16(20)21)7-14(12)25-9-15(19)23/h1-7H,8-9H2,(H2,19,23)(H3,20,21)(H,22,24). The molecule has 0 atom stereocenters. The monoisotopic (exact) mass is 360 g/mol. The van der Waals surface area contributed by atoms with Crippen LogP contribution in [-0.2, 0) is 11.3 Å². The van der Waals surface area contributed by atoms with Crippen LogP contribution in [0.15, 0.2) is 42.5 Å². The van der Waals surface area contributed by atoms with Crippen LogP contribution in [0.4, 0.5) is 0 Å². The third-order valence-corrected chi connectivity index (χ3v) is 3.51. The number of nitrogens with two attached hydrogens (primary N) is 2. The van der Waals surface area contributed by atoms with Crippen LogP contribution in [0.3, 0.4) is 0 Å². The lowest BCUT2D eigenvalue weighted by atomic mass is 10.1. The number of hydrogen-bond donors (Lipinski definition) is 4. The van der Waals surface area contributed by atoms with Gasteiger partial charge in [0.05, 0.1) is 0 Å². The lowest BCUT2D eigenvalue weighted by molar-refractivity contribution is -0.119. The maximum Gasteiger partial charge on any atom is 0.255 e. The van der Waals surface area contributed by atoms with E-state index >= 15 is 0 Å². The molecule has 6 N–H and O–H groups in total. The number of halogens is 1. The summed E-state index contributed by atoms with van der Waals surface area (Å²) in [6.07, 6.45) is 0. The molecule has 130 valence electrons. The van der Waals surface area contributed by atoms with E-state index in [1.54, 1.807) is 36.4 Å².